The van der Waals surface area contributed by atoms with Gasteiger partial charge in [-0.05, 0) is 24.6 Å². The summed E-state index contributed by atoms with van der Waals surface area (Å²) in [5.74, 6) is -0.341. The number of carbonyl (C=O) groups excluding carboxylic acids is 2. The Morgan fingerprint density at radius 1 is 1.08 bits per heavy atom. The molecule has 0 atom stereocenters. The van der Waals surface area contributed by atoms with E-state index in [1.807, 2.05) is 48.5 Å². The smallest absolute Gasteiger partial charge is 0.325 e. The SMILES string of the molecule is CCOC(=O)CN(Cc1ccccc1)C(=O)CSc1ccccc1Cl. The third kappa shape index (κ3) is 6.44. The third-order valence-corrected chi connectivity index (χ3v) is 4.88. The highest BCUT2D eigenvalue weighted by Crippen LogP contribution is 2.26. The Labute approximate surface area is 157 Å². The molecule has 1 amide bonds. The van der Waals surface area contributed by atoms with Crippen LogP contribution in [0, 0.1) is 0 Å². The van der Waals surface area contributed by atoms with E-state index in [9.17, 15) is 9.59 Å². The lowest BCUT2D eigenvalue weighted by Gasteiger charge is -2.22. The molecule has 0 spiro atoms. The van der Waals surface area contributed by atoms with Crippen molar-refractivity contribution in [3.63, 3.8) is 0 Å². The monoisotopic (exact) mass is 377 g/mol. The summed E-state index contributed by atoms with van der Waals surface area (Å²) in [6.07, 6.45) is 0. The molecule has 25 heavy (non-hydrogen) atoms. The summed E-state index contributed by atoms with van der Waals surface area (Å²) >= 11 is 7.48. The molecule has 4 nitrogen and oxygen atoms in total. The molecule has 0 aliphatic heterocycles. The van der Waals surface area contributed by atoms with E-state index in [-0.39, 0.29) is 18.2 Å². The third-order valence-electron chi connectivity index (χ3n) is 3.38. The lowest BCUT2D eigenvalue weighted by atomic mass is 10.2. The summed E-state index contributed by atoms with van der Waals surface area (Å²) in [6, 6.07) is 16.9. The van der Waals surface area contributed by atoms with Crippen molar-refractivity contribution in [3.05, 3.63) is 65.2 Å². The fraction of sp³-hybridized carbons (Fsp3) is 0.263. The standard InChI is InChI=1S/C19H20ClNO3S/c1-2-24-19(23)13-21(12-15-8-4-3-5-9-15)18(22)14-25-17-11-7-6-10-16(17)20/h3-11H,2,12-14H2,1H3. The van der Waals surface area contributed by atoms with Crippen LogP contribution in [0.5, 0.6) is 0 Å². The van der Waals surface area contributed by atoms with E-state index in [0.29, 0.717) is 18.2 Å². The predicted octanol–water partition coefficient (Wildman–Crippen LogP) is 4.02. The van der Waals surface area contributed by atoms with Crippen molar-refractivity contribution in [3.8, 4) is 0 Å². The average Bonchev–Trinajstić information content (AvgIpc) is 2.61. The lowest BCUT2D eigenvalue weighted by Crippen LogP contribution is -2.37. The van der Waals surface area contributed by atoms with Crippen LogP contribution in [0.1, 0.15) is 12.5 Å². The number of thioether (sulfide) groups is 1. The van der Waals surface area contributed by atoms with Gasteiger partial charge in [-0.15, -0.1) is 11.8 Å². The Morgan fingerprint density at radius 2 is 1.76 bits per heavy atom. The van der Waals surface area contributed by atoms with Crippen LogP contribution in [-0.4, -0.2) is 35.7 Å². The van der Waals surface area contributed by atoms with Crippen LogP contribution in [-0.2, 0) is 20.9 Å². The molecule has 0 aliphatic carbocycles. The zero-order valence-electron chi connectivity index (χ0n) is 14.0. The Balaban J connectivity index is 2.03. The van der Waals surface area contributed by atoms with Gasteiger partial charge in [-0.3, -0.25) is 9.59 Å². The van der Waals surface area contributed by atoms with Crippen molar-refractivity contribution in [2.75, 3.05) is 18.9 Å². The molecule has 2 aromatic carbocycles. The first kappa shape index (κ1) is 19.3. The van der Waals surface area contributed by atoms with Crippen molar-refractivity contribution in [1.29, 1.82) is 0 Å². The molecule has 0 aromatic heterocycles. The predicted molar refractivity (Wildman–Crippen MR) is 101 cm³/mol. The molecule has 0 aliphatic rings. The quantitative estimate of drug-likeness (QED) is 0.515. The van der Waals surface area contributed by atoms with Crippen molar-refractivity contribution >= 4 is 35.2 Å². The average molecular weight is 378 g/mol. The molecule has 132 valence electrons. The second kappa shape index (κ2) is 10.1. The second-order valence-corrected chi connectivity index (χ2v) is 6.68. The molecular weight excluding hydrogens is 358 g/mol. The van der Waals surface area contributed by atoms with Gasteiger partial charge in [0.2, 0.25) is 5.91 Å². The summed E-state index contributed by atoms with van der Waals surface area (Å²) in [5.41, 5.74) is 0.961. The highest BCUT2D eigenvalue weighted by molar-refractivity contribution is 8.00. The normalized spacial score (nSPS) is 10.3. The number of esters is 1. The van der Waals surface area contributed by atoms with Gasteiger partial charge in [0.25, 0.3) is 0 Å². The van der Waals surface area contributed by atoms with Crippen LogP contribution in [0.2, 0.25) is 5.02 Å². The summed E-state index contributed by atoms with van der Waals surface area (Å²) in [4.78, 5) is 26.8. The van der Waals surface area contributed by atoms with E-state index in [0.717, 1.165) is 10.5 Å². The number of carbonyl (C=O) groups is 2. The second-order valence-electron chi connectivity index (χ2n) is 5.26. The number of hydrogen-bond acceptors (Lipinski definition) is 4. The molecule has 0 saturated heterocycles. The molecular formula is C19H20ClNO3S. The van der Waals surface area contributed by atoms with Crippen LogP contribution in [0.25, 0.3) is 0 Å². The number of benzene rings is 2. The molecule has 0 unspecified atom stereocenters. The van der Waals surface area contributed by atoms with Crippen LogP contribution >= 0.6 is 23.4 Å². The first-order valence-corrected chi connectivity index (χ1v) is 9.31. The largest absolute Gasteiger partial charge is 0.465 e. The molecule has 2 rings (SSSR count). The summed E-state index contributed by atoms with van der Waals surface area (Å²) in [7, 11) is 0. The maximum absolute atomic E-state index is 12.6. The fourth-order valence-corrected chi connectivity index (χ4v) is 3.33. The first-order chi connectivity index (χ1) is 12.1. The lowest BCUT2D eigenvalue weighted by molar-refractivity contribution is -0.148. The van der Waals surface area contributed by atoms with E-state index in [4.69, 9.17) is 16.3 Å². The zero-order chi connectivity index (χ0) is 18.1. The van der Waals surface area contributed by atoms with Gasteiger partial charge >= 0.3 is 5.97 Å². The molecule has 0 N–H and O–H groups in total. The highest BCUT2D eigenvalue weighted by atomic mass is 35.5. The van der Waals surface area contributed by atoms with Gasteiger partial charge in [-0.25, -0.2) is 0 Å². The van der Waals surface area contributed by atoms with Gasteiger partial charge in [0.1, 0.15) is 6.54 Å². The van der Waals surface area contributed by atoms with Crippen molar-refractivity contribution < 1.29 is 14.3 Å². The van der Waals surface area contributed by atoms with Crippen LogP contribution in [0.3, 0.4) is 0 Å². The number of hydrogen-bond donors (Lipinski definition) is 0. The molecule has 0 fully saturated rings. The maximum Gasteiger partial charge on any atom is 0.325 e. The molecule has 6 heteroatoms. The van der Waals surface area contributed by atoms with Gasteiger partial charge in [-0.2, -0.15) is 0 Å². The molecule has 0 saturated carbocycles. The number of halogens is 1. The number of ether oxygens (including phenoxy) is 1. The van der Waals surface area contributed by atoms with Gasteiger partial charge < -0.3 is 9.64 Å². The fourth-order valence-electron chi connectivity index (χ4n) is 2.19. The van der Waals surface area contributed by atoms with Gasteiger partial charge in [0, 0.05) is 11.4 Å². The number of amides is 1. The minimum atomic E-state index is -0.408. The molecule has 2 aromatic rings. The van der Waals surface area contributed by atoms with E-state index >= 15 is 0 Å². The van der Waals surface area contributed by atoms with Crippen LogP contribution in [0.4, 0.5) is 0 Å². The van der Waals surface area contributed by atoms with Crippen LogP contribution < -0.4 is 0 Å². The summed E-state index contributed by atoms with van der Waals surface area (Å²) in [6.45, 7) is 2.33. The van der Waals surface area contributed by atoms with E-state index in [2.05, 4.69) is 0 Å². The Bertz CT molecular complexity index is 709. The Kier molecular flexibility index (Phi) is 7.82. The summed E-state index contributed by atoms with van der Waals surface area (Å²) < 4.78 is 4.98. The highest BCUT2D eigenvalue weighted by Gasteiger charge is 2.19. The van der Waals surface area contributed by atoms with Crippen molar-refractivity contribution in [2.24, 2.45) is 0 Å². The van der Waals surface area contributed by atoms with Gasteiger partial charge in [0.05, 0.1) is 17.4 Å². The topological polar surface area (TPSA) is 46.6 Å². The van der Waals surface area contributed by atoms with E-state index in [1.165, 1.54) is 16.7 Å². The minimum absolute atomic E-state index is 0.0648. The van der Waals surface area contributed by atoms with Gasteiger partial charge in [-0.1, -0.05) is 54.1 Å². The molecule has 0 heterocycles. The maximum atomic E-state index is 12.6. The first-order valence-electron chi connectivity index (χ1n) is 7.94. The minimum Gasteiger partial charge on any atom is -0.465 e. The molecule has 0 radical (unpaired) electrons. The molecule has 0 bridgehead atoms. The van der Waals surface area contributed by atoms with Gasteiger partial charge in [0.15, 0.2) is 0 Å². The summed E-state index contributed by atoms with van der Waals surface area (Å²) in [5, 5.41) is 0.611. The van der Waals surface area contributed by atoms with E-state index in [1.54, 1.807) is 13.0 Å². The van der Waals surface area contributed by atoms with Crippen molar-refractivity contribution in [1.82, 2.24) is 4.90 Å². The van der Waals surface area contributed by atoms with E-state index < -0.39 is 5.97 Å². The zero-order valence-corrected chi connectivity index (χ0v) is 15.6. The number of nitrogens with zero attached hydrogens (tertiary/aromatic N) is 1. The number of rotatable bonds is 8. The Hall–Kier alpha value is -1.98. The Morgan fingerprint density at radius 3 is 2.44 bits per heavy atom. The van der Waals surface area contributed by atoms with Crippen LogP contribution in [0.15, 0.2) is 59.5 Å². The van der Waals surface area contributed by atoms with Crippen molar-refractivity contribution in [2.45, 2.75) is 18.4 Å².